The Morgan fingerprint density at radius 2 is 1.83 bits per heavy atom. The minimum Gasteiger partial charge on any atom is -0.247 e. The van der Waals surface area contributed by atoms with E-state index in [1.165, 1.54) is 5.56 Å². The molecule has 2 heterocycles. The SMILES string of the molecule is CCC(C)n1nc(CCS)nc1Cc1ccc(-c2ccccc2-c2nn[nH]n2)cc1. The second-order valence-corrected chi connectivity index (χ2v) is 7.72. The third kappa shape index (κ3) is 4.28. The maximum absolute atomic E-state index is 4.77. The van der Waals surface area contributed by atoms with Crippen molar-refractivity contribution in [3.63, 3.8) is 0 Å². The van der Waals surface area contributed by atoms with E-state index < -0.39 is 0 Å². The summed E-state index contributed by atoms with van der Waals surface area (Å²) in [4.78, 5) is 4.77. The van der Waals surface area contributed by atoms with Crippen LogP contribution in [0.2, 0.25) is 0 Å². The molecule has 4 rings (SSSR count). The van der Waals surface area contributed by atoms with Gasteiger partial charge in [0.1, 0.15) is 5.82 Å². The molecule has 154 valence electrons. The van der Waals surface area contributed by atoms with Crippen molar-refractivity contribution in [3.8, 4) is 22.5 Å². The molecule has 0 bridgehead atoms. The monoisotopic (exact) mass is 419 g/mol. The van der Waals surface area contributed by atoms with Crippen LogP contribution in [-0.2, 0) is 12.8 Å². The largest absolute Gasteiger partial charge is 0.247 e. The number of nitrogens with one attached hydrogen (secondary N) is 1. The smallest absolute Gasteiger partial charge is 0.205 e. The number of nitrogens with zero attached hydrogens (tertiary/aromatic N) is 6. The molecule has 8 heteroatoms. The third-order valence-corrected chi connectivity index (χ3v) is 5.45. The molecule has 0 saturated carbocycles. The van der Waals surface area contributed by atoms with Gasteiger partial charge in [-0.15, -0.1) is 10.2 Å². The van der Waals surface area contributed by atoms with Crippen LogP contribution in [-0.4, -0.2) is 41.1 Å². The van der Waals surface area contributed by atoms with E-state index in [-0.39, 0.29) is 0 Å². The average molecular weight is 420 g/mol. The minimum atomic E-state index is 0.322. The number of H-pyrrole nitrogens is 1. The summed E-state index contributed by atoms with van der Waals surface area (Å²) in [6.45, 7) is 4.35. The fourth-order valence-electron chi connectivity index (χ4n) is 3.45. The summed E-state index contributed by atoms with van der Waals surface area (Å²) in [5.41, 5.74) is 4.33. The molecule has 1 atom stereocenters. The van der Waals surface area contributed by atoms with Crippen LogP contribution in [0.1, 0.15) is 43.5 Å². The highest BCUT2D eigenvalue weighted by Crippen LogP contribution is 2.30. The Kier molecular flexibility index (Phi) is 6.23. The molecule has 0 aliphatic carbocycles. The van der Waals surface area contributed by atoms with Gasteiger partial charge in [-0.1, -0.05) is 55.5 Å². The number of hydrogen-bond acceptors (Lipinski definition) is 6. The zero-order valence-electron chi connectivity index (χ0n) is 17.2. The van der Waals surface area contributed by atoms with Crippen molar-refractivity contribution in [2.24, 2.45) is 0 Å². The fraction of sp³-hybridized carbons (Fsp3) is 0.318. The van der Waals surface area contributed by atoms with Gasteiger partial charge in [-0.2, -0.15) is 22.9 Å². The van der Waals surface area contributed by atoms with E-state index in [0.717, 1.165) is 53.4 Å². The van der Waals surface area contributed by atoms with E-state index in [4.69, 9.17) is 10.1 Å². The Morgan fingerprint density at radius 3 is 2.50 bits per heavy atom. The molecule has 30 heavy (non-hydrogen) atoms. The summed E-state index contributed by atoms with van der Waals surface area (Å²) in [5.74, 6) is 3.21. The standard InChI is InChI=1S/C22H25N7S/c1-3-15(2)29-21(23-20(26-29)12-13-30)14-16-8-10-17(11-9-16)18-6-4-5-7-19(18)22-24-27-28-25-22/h4-11,15,30H,3,12-14H2,1-2H3,(H,24,25,27,28). The van der Waals surface area contributed by atoms with E-state index in [0.29, 0.717) is 11.9 Å². The molecule has 4 aromatic rings. The number of benzene rings is 2. The molecule has 2 aromatic carbocycles. The maximum atomic E-state index is 4.77. The van der Waals surface area contributed by atoms with Crippen LogP contribution >= 0.6 is 12.6 Å². The van der Waals surface area contributed by atoms with Crippen molar-refractivity contribution in [1.82, 2.24) is 35.4 Å². The summed E-state index contributed by atoms with van der Waals surface area (Å²) in [7, 11) is 0. The van der Waals surface area contributed by atoms with E-state index in [9.17, 15) is 0 Å². The second-order valence-electron chi connectivity index (χ2n) is 7.27. The molecule has 1 N–H and O–H groups in total. The molecule has 0 amide bonds. The number of aryl methyl sites for hydroxylation is 1. The van der Waals surface area contributed by atoms with Crippen LogP contribution in [0.15, 0.2) is 48.5 Å². The van der Waals surface area contributed by atoms with E-state index in [2.05, 4.69) is 82.1 Å². The Bertz CT molecular complexity index is 1090. The predicted molar refractivity (Wildman–Crippen MR) is 120 cm³/mol. The second kappa shape index (κ2) is 9.21. The van der Waals surface area contributed by atoms with E-state index in [1.807, 2.05) is 18.2 Å². The molecule has 0 spiro atoms. The van der Waals surface area contributed by atoms with Gasteiger partial charge in [-0.05, 0) is 41.0 Å². The lowest BCUT2D eigenvalue weighted by Crippen LogP contribution is -2.11. The van der Waals surface area contributed by atoms with Crippen molar-refractivity contribution < 1.29 is 0 Å². The maximum Gasteiger partial charge on any atom is 0.205 e. The van der Waals surface area contributed by atoms with Gasteiger partial charge in [0.25, 0.3) is 0 Å². The lowest BCUT2D eigenvalue weighted by molar-refractivity contribution is 0.458. The fourth-order valence-corrected chi connectivity index (χ4v) is 3.65. The first-order valence-corrected chi connectivity index (χ1v) is 10.8. The van der Waals surface area contributed by atoms with Crippen LogP contribution in [0, 0.1) is 0 Å². The number of rotatable bonds is 8. The van der Waals surface area contributed by atoms with Gasteiger partial charge in [0.2, 0.25) is 5.82 Å². The van der Waals surface area contributed by atoms with Crippen LogP contribution in [0.3, 0.4) is 0 Å². The average Bonchev–Trinajstić information content (AvgIpc) is 3.45. The lowest BCUT2D eigenvalue weighted by Gasteiger charge is -2.12. The van der Waals surface area contributed by atoms with Gasteiger partial charge < -0.3 is 0 Å². The Hall–Kier alpha value is -3.00. The van der Waals surface area contributed by atoms with E-state index >= 15 is 0 Å². The number of aromatic nitrogens is 7. The van der Waals surface area contributed by atoms with Crippen LogP contribution in [0.5, 0.6) is 0 Å². The summed E-state index contributed by atoms with van der Waals surface area (Å²) in [5, 5.41) is 19.2. The lowest BCUT2D eigenvalue weighted by atomic mass is 9.98. The highest BCUT2D eigenvalue weighted by Gasteiger charge is 2.15. The molecule has 1 unspecified atom stereocenters. The van der Waals surface area contributed by atoms with Gasteiger partial charge in [0.15, 0.2) is 5.82 Å². The van der Waals surface area contributed by atoms with E-state index in [1.54, 1.807) is 0 Å². The molecule has 0 fully saturated rings. The van der Waals surface area contributed by atoms with Crippen LogP contribution in [0.4, 0.5) is 0 Å². The predicted octanol–water partition coefficient (Wildman–Crippen LogP) is 4.16. The van der Waals surface area contributed by atoms with Gasteiger partial charge in [-0.3, -0.25) is 0 Å². The molecule has 2 aromatic heterocycles. The highest BCUT2D eigenvalue weighted by atomic mass is 32.1. The van der Waals surface area contributed by atoms with Crippen molar-refractivity contribution in [2.45, 2.75) is 39.2 Å². The van der Waals surface area contributed by atoms with Crippen molar-refractivity contribution in [3.05, 3.63) is 65.7 Å². The summed E-state index contributed by atoms with van der Waals surface area (Å²) in [6.07, 6.45) is 2.55. The topological polar surface area (TPSA) is 85.2 Å². The molecule has 0 saturated heterocycles. The van der Waals surface area contributed by atoms with Crippen LogP contribution in [0.25, 0.3) is 22.5 Å². The Labute approximate surface area is 181 Å². The molecular weight excluding hydrogens is 394 g/mol. The zero-order valence-corrected chi connectivity index (χ0v) is 18.0. The highest BCUT2D eigenvalue weighted by molar-refractivity contribution is 7.80. The molecular formula is C22H25N7S. The number of tetrazole rings is 1. The third-order valence-electron chi connectivity index (χ3n) is 5.23. The van der Waals surface area contributed by atoms with Gasteiger partial charge >= 0.3 is 0 Å². The summed E-state index contributed by atoms with van der Waals surface area (Å²) in [6, 6.07) is 17.0. The summed E-state index contributed by atoms with van der Waals surface area (Å²) >= 11 is 4.32. The first-order chi connectivity index (χ1) is 14.7. The first-order valence-electron chi connectivity index (χ1n) is 10.2. The van der Waals surface area contributed by atoms with Crippen LogP contribution < -0.4 is 0 Å². The quantitative estimate of drug-likeness (QED) is 0.419. The Balaban J connectivity index is 1.60. The van der Waals surface area contributed by atoms with Crippen molar-refractivity contribution >= 4 is 12.6 Å². The van der Waals surface area contributed by atoms with Crippen molar-refractivity contribution in [2.75, 3.05) is 5.75 Å². The van der Waals surface area contributed by atoms with Gasteiger partial charge in [0.05, 0.1) is 6.04 Å². The minimum absolute atomic E-state index is 0.322. The van der Waals surface area contributed by atoms with Gasteiger partial charge in [-0.25, -0.2) is 9.67 Å². The number of aromatic amines is 1. The number of hydrogen-bond donors (Lipinski definition) is 2. The summed E-state index contributed by atoms with van der Waals surface area (Å²) < 4.78 is 2.07. The molecule has 0 radical (unpaired) electrons. The molecule has 0 aliphatic heterocycles. The molecule has 0 aliphatic rings. The normalized spacial score (nSPS) is 12.2. The first kappa shape index (κ1) is 20.3. The zero-order chi connectivity index (χ0) is 20.9. The Morgan fingerprint density at radius 1 is 1.07 bits per heavy atom. The molecule has 7 nitrogen and oxygen atoms in total. The number of thiol groups is 1. The van der Waals surface area contributed by atoms with Gasteiger partial charge in [0, 0.05) is 18.4 Å². The van der Waals surface area contributed by atoms with Crippen molar-refractivity contribution in [1.29, 1.82) is 0 Å².